The third-order valence-electron chi connectivity index (χ3n) is 2.28. The van der Waals surface area contributed by atoms with Gasteiger partial charge < -0.3 is 0 Å². The topological polar surface area (TPSA) is 63.2 Å². The lowest BCUT2D eigenvalue weighted by atomic mass is 10.0. The van der Waals surface area contributed by atoms with Crippen LogP contribution in [0.15, 0.2) is 30.3 Å². The molecule has 1 aromatic carbocycles. The van der Waals surface area contributed by atoms with Gasteiger partial charge in [-0.1, -0.05) is 12.1 Å². The lowest BCUT2D eigenvalue weighted by Crippen LogP contribution is -2.27. The molecule has 0 saturated carbocycles. The van der Waals surface area contributed by atoms with Gasteiger partial charge in [-0.3, -0.25) is 4.79 Å². The molecule has 0 radical (unpaired) electrons. The minimum atomic E-state index is -4.48. The molecule has 110 valence electrons. The number of amides is 1. The van der Waals surface area contributed by atoms with Gasteiger partial charge in [-0.25, -0.2) is 13.1 Å². The summed E-state index contributed by atoms with van der Waals surface area (Å²) in [4.78, 5) is 11.3. The number of carbonyl (C=O) groups excluding carboxylic acids is 1. The second kappa shape index (κ2) is 5.66. The fourth-order valence-electron chi connectivity index (χ4n) is 1.43. The largest absolute Gasteiger partial charge is 0.416 e. The molecular formula is C12H12F3NO3S. The van der Waals surface area contributed by atoms with E-state index in [0.29, 0.717) is 0 Å². The number of sulfonamides is 1. The first-order valence-electron chi connectivity index (χ1n) is 5.37. The molecule has 0 atom stereocenters. The number of hydrogen-bond donors (Lipinski definition) is 1. The molecule has 4 nitrogen and oxygen atoms in total. The van der Waals surface area contributed by atoms with Gasteiger partial charge in [-0.15, -0.1) is 0 Å². The zero-order valence-electron chi connectivity index (χ0n) is 10.7. The summed E-state index contributed by atoms with van der Waals surface area (Å²) in [6.45, 7) is 1.41. The average molecular weight is 307 g/mol. The smallest absolute Gasteiger partial charge is 0.269 e. The third kappa shape index (κ3) is 5.04. The van der Waals surface area contributed by atoms with Gasteiger partial charge in [0.05, 0.1) is 11.8 Å². The van der Waals surface area contributed by atoms with Gasteiger partial charge in [-0.2, -0.15) is 13.2 Å². The summed E-state index contributed by atoms with van der Waals surface area (Å²) >= 11 is 0. The van der Waals surface area contributed by atoms with Crippen LogP contribution in [-0.2, 0) is 21.0 Å². The molecule has 1 aromatic rings. The van der Waals surface area contributed by atoms with Gasteiger partial charge in [-0.05, 0) is 30.2 Å². The van der Waals surface area contributed by atoms with Crippen LogP contribution in [0.3, 0.4) is 0 Å². The molecule has 0 heterocycles. The van der Waals surface area contributed by atoms with Crippen LogP contribution in [0, 0.1) is 0 Å². The fourth-order valence-corrected chi connectivity index (χ4v) is 1.86. The van der Waals surface area contributed by atoms with Crippen LogP contribution in [0.1, 0.15) is 18.1 Å². The Hall–Kier alpha value is -1.83. The van der Waals surface area contributed by atoms with Gasteiger partial charge in [0.1, 0.15) is 0 Å². The Bertz CT molecular complexity index is 648. The molecule has 0 aliphatic heterocycles. The van der Waals surface area contributed by atoms with Crippen molar-refractivity contribution in [3.8, 4) is 0 Å². The van der Waals surface area contributed by atoms with E-state index in [1.165, 1.54) is 19.1 Å². The molecule has 0 unspecified atom stereocenters. The number of carbonyl (C=O) groups is 1. The summed E-state index contributed by atoms with van der Waals surface area (Å²) < 4.78 is 61.0. The average Bonchev–Trinajstić information content (AvgIpc) is 2.25. The number of nitrogens with one attached hydrogen (secondary N) is 1. The number of allylic oxidation sites excluding steroid dienone is 1. The van der Waals surface area contributed by atoms with Crippen molar-refractivity contribution in [3.63, 3.8) is 0 Å². The van der Waals surface area contributed by atoms with Gasteiger partial charge in [0.15, 0.2) is 0 Å². The number of alkyl halides is 3. The van der Waals surface area contributed by atoms with Crippen LogP contribution in [-0.4, -0.2) is 20.6 Å². The van der Waals surface area contributed by atoms with Crippen molar-refractivity contribution >= 4 is 21.5 Å². The summed E-state index contributed by atoms with van der Waals surface area (Å²) in [6, 6.07) is 4.41. The van der Waals surface area contributed by atoms with Crippen molar-refractivity contribution in [3.05, 3.63) is 41.5 Å². The highest BCUT2D eigenvalue weighted by Gasteiger charge is 2.30. The highest BCUT2D eigenvalue weighted by atomic mass is 32.2. The van der Waals surface area contributed by atoms with Crippen LogP contribution in [0.4, 0.5) is 13.2 Å². The van der Waals surface area contributed by atoms with Crippen molar-refractivity contribution in [2.45, 2.75) is 13.1 Å². The minimum Gasteiger partial charge on any atom is -0.269 e. The van der Waals surface area contributed by atoms with Crippen LogP contribution in [0.25, 0.3) is 5.57 Å². The second-order valence-electron chi connectivity index (χ2n) is 4.14. The van der Waals surface area contributed by atoms with E-state index in [4.69, 9.17) is 0 Å². The molecule has 0 aromatic heterocycles. The predicted octanol–water partition coefficient (Wildman–Crippen LogP) is 2.18. The fraction of sp³-hybridized carbons (Fsp3) is 0.250. The van der Waals surface area contributed by atoms with E-state index in [0.717, 1.165) is 24.5 Å². The molecule has 0 bridgehead atoms. The van der Waals surface area contributed by atoms with E-state index in [9.17, 15) is 26.4 Å². The minimum absolute atomic E-state index is 0.184. The molecule has 0 aliphatic carbocycles. The van der Waals surface area contributed by atoms with Crippen LogP contribution >= 0.6 is 0 Å². The van der Waals surface area contributed by atoms with Crippen molar-refractivity contribution in [1.82, 2.24) is 4.72 Å². The quantitative estimate of drug-likeness (QED) is 0.871. The molecule has 0 aliphatic rings. The first-order chi connectivity index (χ1) is 8.99. The Kier molecular flexibility index (Phi) is 4.59. The summed E-state index contributed by atoms with van der Waals surface area (Å²) in [5, 5.41) is 0. The predicted molar refractivity (Wildman–Crippen MR) is 68.1 cm³/mol. The number of benzene rings is 1. The molecular weight excluding hydrogens is 295 g/mol. The summed E-state index contributed by atoms with van der Waals surface area (Å²) in [6.07, 6.45) is -2.75. The molecule has 8 heteroatoms. The second-order valence-corrected chi connectivity index (χ2v) is 5.89. The maximum absolute atomic E-state index is 12.5. The number of halogens is 3. The molecule has 0 saturated heterocycles. The molecule has 1 N–H and O–H groups in total. The van der Waals surface area contributed by atoms with Gasteiger partial charge in [0.25, 0.3) is 5.91 Å². The normalized spacial score (nSPS) is 13.2. The monoisotopic (exact) mass is 307 g/mol. The van der Waals surface area contributed by atoms with Crippen LogP contribution < -0.4 is 4.72 Å². The van der Waals surface area contributed by atoms with Crippen molar-refractivity contribution in [2.75, 3.05) is 6.26 Å². The van der Waals surface area contributed by atoms with Crippen molar-refractivity contribution in [1.29, 1.82) is 0 Å². The van der Waals surface area contributed by atoms with Gasteiger partial charge in [0, 0.05) is 6.08 Å². The summed E-state index contributed by atoms with van der Waals surface area (Å²) in [5.41, 5.74) is -0.438. The van der Waals surface area contributed by atoms with E-state index in [2.05, 4.69) is 0 Å². The Morgan fingerprint density at radius 2 is 1.90 bits per heavy atom. The zero-order chi connectivity index (χ0) is 15.6. The van der Waals surface area contributed by atoms with Crippen molar-refractivity contribution < 1.29 is 26.4 Å². The van der Waals surface area contributed by atoms with Crippen molar-refractivity contribution in [2.24, 2.45) is 0 Å². The number of rotatable bonds is 3. The Labute approximate surface area is 114 Å². The lowest BCUT2D eigenvalue weighted by Gasteiger charge is -2.09. The highest BCUT2D eigenvalue weighted by Crippen LogP contribution is 2.30. The Morgan fingerprint density at radius 1 is 1.30 bits per heavy atom. The van der Waals surface area contributed by atoms with Crippen LogP contribution in [0.2, 0.25) is 0 Å². The lowest BCUT2D eigenvalue weighted by molar-refractivity contribution is -0.137. The van der Waals surface area contributed by atoms with E-state index in [1.54, 1.807) is 4.72 Å². The zero-order valence-corrected chi connectivity index (χ0v) is 11.5. The third-order valence-corrected chi connectivity index (χ3v) is 2.85. The molecule has 0 spiro atoms. The van der Waals surface area contributed by atoms with E-state index >= 15 is 0 Å². The maximum atomic E-state index is 12.5. The SMILES string of the molecule is C/C(=C/C(=O)NS(C)(=O)=O)c1cccc(C(F)(F)F)c1. The van der Waals surface area contributed by atoms with Gasteiger partial charge in [0.2, 0.25) is 10.0 Å². The molecule has 0 fully saturated rings. The molecule has 20 heavy (non-hydrogen) atoms. The van der Waals surface area contributed by atoms with E-state index < -0.39 is 27.7 Å². The van der Waals surface area contributed by atoms with E-state index in [-0.39, 0.29) is 11.1 Å². The number of hydrogen-bond acceptors (Lipinski definition) is 3. The Morgan fingerprint density at radius 3 is 2.40 bits per heavy atom. The highest BCUT2D eigenvalue weighted by molar-refractivity contribution is 7.89. The summed E-state index contributed by atoms with van der Waals surface area (Å²) in [5.74, 6) is -0.914. The molecule has 1 amide bonds. The Balaban J connectivity index is 3.04. The first-order valence-corrected chi connectivity index (χ1v) is 7.26. The first kappa shape index (κ1) is 16.2. The van der Waals surface area contributed by atoms with Gasteiger partial charge >= 0.3 is 6.18 Å². The summed E-state index contributed by atoms with van der Waals surface area (Å²) in [7, 11) is -3.71. The standard InChI is InChI=1S/C12H12F3NO3S/c1-8(6-11(17)16-20(2,18)19)9-4-3-5-10(7-9)12(13,14)15/h3-7H,1-2H3,(H,16,17)/b8-6-. The molecule has 1 rings (SSSR count). The van der Waals surface area contributed by atoms with E-state index in [1.807, 2.05) is 0 Å². The van der Waals surface area contributed by atoms with Crippen LogP contribution in [0.5, 0.6) is 0 Å². The maximum Gasteiger partial charge on any atom is 0.416 e.